The van der Waals surface area contributed by atoms with Crippen LogP contribution in [0.2, 0.25) is 0 Å². The van der Waals surface area contributed by atoms with E-state index in [9.17, 15) is 18.9 Å². The van der Waals surface area contributed by atoms with E-state index < -0.39 is 43.3 Å². The molecule has 12 N–H and O–H groups in total. The van der Waals surface area contributed by atoms with E-state index in [4.69, 9.17) is 42.6 Å². The summed E-state index contributed by atoms with van der Waals surface area (Å²) in [6.07, 6.45) is 0.839. The van der Waals surface area contributed by atoms with E-state index in [2.05, 4.69) is 5.32 Å². The van der Waals surface area contributed by atoms with Gasteiger partial charge in [-0.1, -0.05) is 0 Å². The molecule has 146 valence electrons. The number of rotatable bonds is 8. The average Bonchev–Trinajstić information content (AvgIpc) is 2.41. The van der Waals surface area contributed by atoms with Gasteiger partial charge < -0.3 is 47.4 Å². The monoisotopic (exact) mass is 386 g/mol. The van der Waals surface area contributed by atoms with Gasteiger partial charge in [-0.05, 0) is 12.8 Å². The van der Waals surface area contributed by atoms with Gasteiger partial charge in [0.2, 0.25) is 5.78 Å². The van der Waals surface area contributed by atoms with Gasteiger partial charge >= 0.3 is 25.6 Å². The third-order valence-electron chi connectivity index (χ3n) is 2.59. The molecule has 0 aliphatic carbocycles. The number of carboxylic acid groups (broad SMARTS) is 2. The predicted octanol–water partition coefficient (Wildman–Crippen LogP) is -2.75. The van der Waals surface area contributed by atoms with Crippen molar-refractivity contribution < 1.29 is 38.9 Å². The Labute approximate surface area is 142 Å². The van der Waals surface area contributed by atoms with E-state index in [1.165, 1.54) is 0 Å². The van der Waals surface area contributed by atoms with Crippen molar-refractivity contribution in [2.75, 3.05) is 13.6 Å². The zero-order valence-electron chi connectivity index (χ0n) is 13.3. The van der Waals surface area contributed by atoms with Crippen LogP contribution in [0.15, 0.2) is 0 Å². The zero-order valence-corrected chi connectivity index (χ0v) is 14.2. The Balaban J connectivity index is 0. The van der Waals surface area contributed by atoms with Crippen LogP contribution in [-0.4, -0.2) is 74.2 Å². The van der Waals surface area contributed by atoms with Gasteiger partial charge in [0.05, 0.1) is 0 Å². The van der Waals surface area contributed by atoms with Crippen LogP contribution in [-0.2, 0) is 14.2 Å². The number of primary amides is 1. The van der Waals surface area contributed by atoms with Gasteiger partial charge in [-0.2, -0.15) is 0 Å². The highest BCUT2D eigenvalue weighted by Crippen LogP contribution is 2.42. The molecule has 0 aromatic carbocycles. The maximum absolute atomic E-state index is 10.6. The van der Waals surface area contributed by atoms with Crippen molar-refractivity contribution in [3.63, 3.8) is 0 Å². The largest absolute Gasteiger partial charge is 0.480 e. The fraction of sp³-hybridized carbons (Fsp3) is 0.600. The molecule has 2 atom stereocenters. The number of aliphatic carboxylic acids is 2. The summed E-state index contributed by atoms with van der Waals surface area (Å²) in [5.41, 5.74) is 14.8. The van der Waals surface area contributed by atoms with Gasteiger partial charge in [0.1, 0.15) is 6.04 Å². The second-order valence-electron chi connectivity index (χ2n) is 4.68. The van der Waals surface area contributed by atoms with Gasteiger partial charge in [-0.3, -0.25) is 14.8 Å². The maximum Gasteiger partial charge on any atom is 0.359 e. The van der Waals surface area contributed by atoms with Crippen molar-refractivity contribution in [3.05, 3.63) is 0 Å². The van der Waals surface area contributed by atoms with Gasteiger partial charge in [0, 0.05) is 13.6 Å². The van der Waals surface area contributed by atoms with Crippen LogP contribution in [0, 0.1) is 5.41 Å². The summed E-state index contributed by atoms with van der Waals surface area (Å²) >= 11 is 0. The summed E-state index contributed by atoms with van der Waals surface area (Å²) in [7, 11) is -3.82. The molecule has 0 fully saturated rings. The molecule has 0 aromatic rings. The first-order chi connectivity index (χ1) is 11.2. The van der Waals surface area contributed by atoms with E-state index in [1.807, 2.05) is 0 Å². The Morgan fingerprint density at radius 2 is 1.68 bits per heavy atom. The van der Waals surface area contributed by atoms with Crippen molar-refractivity contribution in [2.24, 2.45) is 17.2 Å². The minimum atomic E-state index is -4.84. The number of nitrogens with two attached hydrogens (primary N) is 3. The molecule has 25 heavy (non-hydrogen) atoms. The van der Waals surface area contributed by atoms with Crippen molar-refractivity contribution in [1.29, 1.82) is 5.41 Å². The summed E-state index contributed by atoms with van der Waals surface area (Å²) in [5, 5.41) is 25.9. The molecule has 0 aliphatic heterocycles. The zero-order chi connectivity index (χ0) is 20.4. The van der Waals surface area contributed by atoms with E-state index in [0.717, 1.165) is 7.05 Å². The Kier molecular flexibility index (Phi) is 11.1. The number of hydrogen-bond donors (Lipinski definition) is 9. The van der Waals surface area contributed by atoms with Gasteiger partial charge in [0.25, 0.3) is 0 Å². The lowest BCUT2D eigenvalue weighted by Crippen LogP contribution is -2.45. The van der Waals surface area contributed by atoms with Crippen molar-refractivity contribution >= 4 is 31.5 Å². The molecule has 14 nitrogen and oxygen atoms in total. The number of urea groups is 1. The van der Waals surface area contributed by atoms with Crippen molar-refractivity contribution in [1.82, 2.24) is 10.2 Å². The third kappa shape index (κ3) is 11.7. The quantitative estimate of drug-likeness (QED) is 0.0892. The third-order valence-corrected chi connectivity index (χ3v) is 3.80. The number of nitrogens with zero attached hydrogens (tertiary/aromatic N) is 1. The Morgan fingerprint density at radius 1 is 1.20 bits per heavy atom. The minimum absolute atomic E-state index is 0.329. The summed E-state index contributed by atoms with van der Waals surface area (Å²) in [6, 6.07) is -1.47. The van der Waals surface area contributed by atoms with Crippen LogP contribution in [0.4, 0.5) is 4.79 Å². The van der Waals surface area contributed by atoms with Crippen LogP contribution < -0.4 is 22.5 Å². The van der Waals surface area contributed by atoms with Gasteiger partial charge in [-0.25, -0.2) is 9.59 Å². The highest BCUT2D eigenvalue weighted by Gasteiger charge is 2.40. The highest BCUT2D eigenvalue weighted by atomic mass is 31.2. The molecular formula is C10H23N6O8P. The molecule has 0 aliphatic rings. The van der Waals surface area contributed by atoms with Crippen LogP contribution in [0.3, 0.4) is 0 Å². The first-order valence-corrected chi connectivity index (χ1v) is 8.26. The highest BCUT2D eigenvalue weighted by molar-refractivity contribution is 7.53. The van der Waals surface area contributed by atoms with E-state index in [-0.39, 0.29) is 0 Å². The normalized spacial score (nSPS) is 12.8. The molecular weight excluding hydrogens is 363 g/mol. The first-order valence-electron chi connectivity index (χ1n) is 6.58. The van der Waals surface area contributed by atoms with Crippen molar-refractivity contribution in [3.8, 4) is 0 Å². The molecule has 15 heteroatoms. The molecule has 0 bridgehead atoms. The molecule has 2 unspecified atom stereocenters. The number of amides is 2. The maximum atomic E-state index is 10.6. The minimum Gasteiger partial charge on any atom is -0.480 e. The fourth-order valence-corrected chi connectivity index (χ4v) is 2.19. The summed E-state index contributed by atoms with van der Waals surface area (Å²) in [6.45, 7) is 0.357. The molecule has 0 saturated heterocycles. The van der Waals surface area contributed by atoms with Crippen LogP contribution in [0.5, 0.6) is 0 Å². The standard InChI is InChI=1S/C6H13N3O3.C4H10N3O5P/c7-4(5(10)11)2-1-3-9-6(8)12;1-7(4(5)6)2(3(8)9)13(10,11)12/h4H,1-3,7H2,(H,10,11)(H3,8,9,12);2H,1H3,(H3,5,6)(H,8,9)(H2,10,11,12). The topological polar surface area (TPSA) is 266 Å². The molecule has 0 heterocycles. The Hall–Kier alpha value is -2.41. The molecule has 0 saturated carbocycles. The summed E-state index contributed by atoms with van der Waals surface area (Å²) < 4.78 is 10.6. The van der Waals surface area contributed by atoms with E-state index >= 15 is 0 Å². The molecule has 2 amide bonds. The number of likely N-dealkylation sites (N-methyl/N-ethyl adjacent to an activating group) is 1. The fourth-order valence-electron chi connectivity index (χ4n) is 1.32. The average molecular weight is 386 g/mol. The summed E-state index contributed by atoms with van der Waals surface area (Å²) in [4.78, 5) is 48.4. The first kappa shape index (κ1) is 24.8. The van der Waals surface area contributed by atoms with E-state index in [1.54, 1.807) is 0 Å². The SMILES string of the molecule is CN(C(=N)N)C(C(=O)O)P(=O)(O)O.NC(=O)NCCCC(N)C(=O)O. The van der Waals surface area contributed by atoms with Crippen LogP contribution in [0.1, 0.15) is 12.8 Å². The van der Waals surface area contributed by atoms with Crippen molar-refractivity contribution in [2.45, 2.75) is 24.7 Å². The Bertz CT molecular complexity index is 537. The number of nitrogens with one attached hydrogen (secondary N) is 2. The van der Waals surface area contributed by atoms with E-state index in [0.29, 0.717) is 24.3 Å². The molecule has 0 rings (SSSR count). The van der Waals surface area contributed by atoms with Gasteiger partial charge in [0.15, 0.2) is 5.96 Å². The molecule has 0 aromatic heterocycles. The smallest absolute Gasteiger partial charge is 0.359 e. The second-order valence-corrected chi connectivity index (χ2v) is 6.34. The second kappa shape index (κ2) is 11.2. The summed E-state index contributed by atoms with van der Waals surface area (Å²) in [5.74, 6) is -5.60. The number of guanidine groups is 1. The number of carboxylic acids is 2. The van der Waals surface area contributed by atoms with Crippen LogP contribution in [0.25, 0.3) is 0 Å². The van der Waals surface area contributed by atoms with Gasteiger partial charge in [-0.15, -0.1) is 0 Å². The lowest BCUT2D eigenvalue weighted by Gasteiger charge is -2.24. The molecule has 0 spiro atoms. The molecule has 0 radical (unpaired) electrons. The predicted molar refractivity (Wildman–Crippen MR) is 85.6 cm³/mol. The van der Waals surface area contributed by atoms with Crippen LogP contribution >= 0.6 is 7.60 Å². The Morgan fingerprint density at radius 3 is 1.92 bits per heavy atom. The lowest BCUT2D eigenvalue weighted by atomic mass is 10.2. The number of carbonyl (C=O) groups is 3. The number of carbonyl (C=O) groups excluding carboxylic acids is 1. The lowest BCUT2D eigenvalue weighted by molar-refractivity contribution is -0.139. The number of hydrogen-bond acceptors (Lipinski definition) is 6.